The minimum atomic E-state index is -0.0443. The van der Waals surface area contributed by atoms with Crippen LogP contribution in [0.25, 0.3) is 5.82 Å². The molecule has 3 aromatic rings. The SMILES string of the molecule is CC1CN(Cc2ccccc2)CCC1NC(=O)c1ccnc(-n2ccnc2)c1. The highest BCUT2D eigenvalue weighted by Crippen LogP contribution is 2.19. The van der Waals surface area contributed by atoms with Crippen molar-refractivity contribution in [2.75, 3.05) is 13.1 Å². The number of hydrogen-bond donors (Lipinski definition) is 1. The third-order valence-electron chi connectivity index (χ3n) is 5.33. The lowest BCUT2D eigenvalue weighted by molar-refractivity contribution is 0.0860. The quantitative estimate of drug-likeness (QED) is 0.745. The Morgan fingerprint density at radius 3 is 2.82 bits per heavy atom. The molecule has 0 radical (unpaired) electrons. The number of hydrogen-bond acceptors (Lipinski definition) is 4. The van der Waals surface area contributed by atoms with Gasteiger partial charge >= 0.3 is 0 Å². The molecule has 6 nitrogen and oxygen atoms in total. The highest BCUT2D eigenvalue weighted by atomic mass is 16.1. The number of rotatable bonds is 5. The van der Waals surface area contributed by atoms with Crippen LogP contribution in [0.3, 0.4) is 0 Å². The van der Waals surface area contributed by atoms with Crippen molar-refractivity contribution in [2.45, 2.75) is 25.9 Å². The number of nitrogens with one attached hydrogen (secondary N) is 1. The molecule has 1 aromatic carbocycles. The predicted octanol–water partition coefficient (Wildman–Crippen LogP) is 2.91. The molecule has 144 valence electrons. The lowest BCUT2D eigenvalue weighted by atomic mass is 9.93. The maximum Gasteiger partial charge on any atom is 0.251 e. The second-order valence-electron chi connectivity index (χ2n) is 7.44. The van der Waals surface area contributed by atoms with Gasteiger partial charge in [0.05, 0.1) is 0 Å². The summed E-state index contributed by atoms with van der Waals surface area (Å²) in [5.74, 6) is 1.05. The number of carbonyl (C=O) groups is 1. The summed E-state index contributed by atoms with van der Waals surface area (Å²) < 4.78 is 1.79. The van der Waals surface area contributed by atoms with Crippen LogP contribution in [0, 0.1) is 5.92 Å². The number of piperidine rings is 1. The van der Waals surface area contributed by atoms with E-state index in [1.54, 1.807) is 35.4 Å². The van der Waals surface area contributed by atoms with Crippen molar-refractivity contribution in [2.24, 2.45) is 5.92 Å². The van der Waals surface area contributed by atoms with Crippen LogP contribution in [0.15, 0.2) is 67.4 Å². The molecule has 1 N–H and O–H groups in total. The second-order valence-corrected chi connectivity index (χ2v) is 7.44. The molecular formula is C22H25N5O. The molecule has 1 amide bonds. The van der Waals surface area contributed by atoms with E-state index in [9.17, 15) is 4.79 Å². The molecule has 0 bridgehead atoms. The smallest absolute Gasteiger partial charge is 0.251 e. The van der Waals surface area contributed by atoms with Crippen molar-refractivity contribution >= 4 is 5.91 Å². The Bertz CT molecular complexity index is 910. The molecule has 3 heterocycles. The molecule has 4 rings (SSSR count). The first-order valence-corrected chi connectivity index (χ1v) is 9.70. The van der Waals surface area contributed by atoms with Crippen molar-refractivity contribution in [3.8, 4) is 5.82 Å². The van der Waals surface area contributed by atoms with Crippen molar-refractivity contribution in [3.63, 3.8) is 0 Å². The lowest BCUT2D eigenvalue weighted by Gasteiger charge is -2.37. The van der Waals surface area contributed by atoms with Gasteiger partial charge in [0.15, 0.2) is 0 Å². The zero-order valence-electron chi connectivity index (χ0n) is 16.0. The summed E-state index contributed by atoms with van der Waals surface area (Å²) in [4.78, 5) is 23.6. The van der Waals surface area contributed by atoms with E-state index in [0.717, 1.165) is 26.1 Å². The van der Waals surface area contributed by atoms with Crippen LogP contribution in [0.5, 0.6) is 0 Å². The van der Waals surface area contributed by atoms with Crippen LogP contribution >= 0.6 is 0 Å². The van der Waals surface area contributed by atoms with Gasteiger partial charge in [-0.2, -0.15) is 0 Å². The molecule has 1 aliphatic rings. The summed E-state index contributed by atoms with van der Waals surface area (Å²) in [6, 6.07) is 14.3. The molecule has 1 fully saturated rings. The first-order chi connectivity index (χ1) is 13.7. The van der Waals surface area contributed by atoms with Crippen LogP contribution < -0.4 is 5.32 Å². The van der Waals surface area contributed by atoms with E-state index in [0.29, 0.717) is 17.3 Å². The number of likely N-dealkylation sites (tertiary alicyclic amines) is 1. The Kier molecular flexibility index (Phi) is 5.48. The van der Waals surface area contributed by atoms with Gasteiger partial charge in [-0.25, -0.2) is 9.97 Å². The highest BCUT2D eigenvalue weighted by molar-refractivity contribution is 5.94. The van der Waals surface area contributed by atoms with E-state index in [1.807, 2.05) is 12.3 Å². The normalized spacial score (nSPS) is 20.0. The summed E-state index contributed by atoms with van der Waals surface area (Å²) in [6.07, 6.45) is 7.80. The van der Waals surface area contributed by atoms with Gasteiger partial charge in [-0.3, -0.25) is 14.3 Å². The molecule has 0 aliphatic carbocycles. The van der Waals surface area contributed by atoms with Gasteiger partial charge in [-0.05, 0) is 30.0 Å². The fourth-order valence-electron chi connectivity index (χ4n) is 3.78. The van der Waals surface area contributed by atoms with E-state index in [1.165, 1.54) is 5.56 Å². The summed E-state index contributed by atoms with van der Waals surface area (Å²) in [5.41, 5.74) is 1.96. The topological polar surface area (TPSA) is 63.1 Å². The Labute approximate surface area is 165 Å². The molecule has 1 aliphatic heterocycles. The summed E-state index contributed by atoms with van der Waals surface area (Å²) in [7, 11) is 0. The zero-order valence-corrected chi connectivity index (χ0v) is 16.0. The van der Waals surface area contributed by atoms with Crippen molar-refractivity contribution in [3.05, 3.63) is 78.5 Å². The molecule has 0 saturated carbocycles. The van der Waals surface area contributed by atoms with Gasteiger partial charge in [-0.15, -0.1) is 0 Å². The van der Waals surface area contributed by atoms with Crippen LogP contribution in [0.4, 0.5) is 0 Å². The summed E-state index contributed by atoms with van der Waals surface area (Å²) in [5, 5.41) is 3.22. The highest BCUT2D eigenvalue weighted by Gasteiger charge is 2.27. The van der Waals surface area contributed by atoms with Crippen LogP contribution in [-0.2, 0) is 6.54 Å². The molecule has 2 aromatic heterocycles. The molecule has 6 heteroatoms. The van der Waals surface area contributed by atoms with E-state index >= 15 is 0 Å². The van der Waals surface area contributed by atoms with Gasteiger partial charge in [0.1, 0.15) is 12.1 Å². The van der Waals surface area contributed by atoms with E-state index < -0.39 is 0 Å². The third-order valence-corrected chi connectivity index (χ3v) is 5.33. The standard InChI is InChI=1S/C22H25N5O/c1-17-14-26(15-18-5-3-2-4-6-18)11-8-20(17)25-22(28)19-7-9-24-21(13-19)27-12-10-23-16-27/h2-7,9-10,12-13,16-17,20H,8,11,14-15H2,1H3,(H,25,28). The molecule has 2 atom stereocenters. The van der Waals surface area contributed by atoms with Crippen molar-refractivity contribution in [1.82, 2.24) is 24.8 Å². The van der Waals surface area contributed by atoms with Gasteiger partial charge in [0, 0.05) is 49.8 Å². The number of benzene rings is 1. The largest absolute Gasteiger partial charge is 0.349 e. The zero-order chi connectivity index (χ0) is 19.3. The maximum atomic E-state index is 12.8. The fraction of sp³-hybridized carbons (Fsp3) is 0.318. The minimum absolute atomic E-state index is 0.0443. The summed E-state index contributed by atoms with van der Waals surface area (Å²) >= 11 is 0. The van der Waals surface area contributed by atoms with E-state index in [-0.39, 0.29) is 11.9 Å². The number of imidazole rings is 1. The Balaban J connectivity index is 1.36. The molecule has 0 spiro atoms. The Morgan fingerprint density at radius 1 is 1.21 bits per heavy atom. The third kappa shape index (κ3) is 4.28. The molecule has 1 saturated heterocycles. The van der Waals surface area contributed by atoms with Crippen molar-refractivity contribution in [1.29, 1.82) is 0 Å². The first-order valence-electron chi connectivity index (χ1n) is 9.70. The minimum Gasteiger partial charge on any atom is -0.349 e. The first kappa shape index (κ1) is 18.4. The van der Waals surface area contributed by atoms with Crippen molar-refractivity contribution < 1.29 is 4.79 Å². The lowest BCUT2D eigenvalue weighted by Crippen LogP contribution is -2.49. The van der Waals surface area contributed by atoms with E-state index in [2.05, 4.69) is 51.4 Å². The number of aromatic nitrogens is 3. The van der Waals surface area contributed by atoms with Gasteiger partial charge in [0.2, 0.25) is 0 Å². The average Bonchev–Trinajstić information content (AvgIpc) is 3.26. The van der Waals surface area contributed by atoms with Crippen LogP contribution in [0.1, 0.15) is 29.3 Å². The molecule has 2 unspecified atom stereocenters. The number of nitrogens with zero attached hydrogens (tertiary/aromatic N) is 4. The number of pyridine rings is 1. The molecular weight excluding hydrogens is 350 g/mol. The van der Waals surface area contributed by atoms with Gasteiger partial charge < -0.3 is 5.32 Å². The maximum absolute atomic E-state index is 12.8. The molecule has 28 heavy (non-hydrogen) atoms. The van der Waals surface area contributed by atoms with E-state index in [4.69, 9.17) is 0 Å². The van der Waals surface area contributed by atoms with Crippen LogP contribution in [-0.4, -0.2) is 44.5 Å². The van der Waals surface area contributed by atoms with Gasteiger partial charge in [-0.1, -0.05) is 37.3 Å². The predicted molar refractivity (Wildman–Crippen MR) is 108 cm³/mol. The number of amides is 1. The fourth-order valence-corrected chi connectivity index (χ4v) is 3.78. The second kappa shape index (κ2) is 8.35. The Hall–Kier alpha value is -2.99. The summed E-state index contributed by atoms with van der Waals surface area (Å²) in [6.45, 7) is 5.15. The average molecular weight is 375 g/mol. The Morgan fingerprint density at radius 2 is 2.07 bits per heavy atom. The van der Waals surface area contributed by atoms with Crippen LogP contribution in [0.2, 0.25) is 0 Å². The number of carbonyl (C=O) groups excluding carboxylic acids is 1. The van der Waals surface area contributed by atoms with Gasteiger partial charge in [0.25, 0.3) is 5.91 Å². The monoisotopic (exact) mass is 375 g/mol.